The van der Waals surface area contributed by atoms with Crippen molar-refractivity contribution in [3.05, 3.63) is 102 Å². The third-order valence-electron chi connectivity index (χ3n) is 5.19. The molecule has 0 bridgehead atoms. The molecule has 1 aromatic heterocycles. The van der Waals surface area contributed by atoms with E-state index in [1.165, 1.54) is 0 Å². The summed E-state index contributed by atoms with van der Waals surface area (Å²) in [6, 6.07) is 26.9. The molecular weight excluding hydrogens is 392 g/mol. The van der Waals surface area contributed by atoms with Gasteiger partial charge in [-0.05, 0) is 29.3 Å². The van der Waals surface area contributed by atoms with E-state index in [2.05, 4.69) is 10.5 Å². The van der Waals surface area contributed by atoms with Gasteiger partial charge in [-0.3, -0.25) is 4.79 Å². The number of ether oxygens (including phenoxy) is 2. The van der Waals surface area contributed by atoms with Crippen molar-refractivity contribution in [1.82, 2.24) is 10.5 Å². The summed E-state index contributed by atoms with van der Waals surface area (Å²) < 4.78 is 16.2. The zero-order chi connectivity index (χ0) is 21.0. The summed E-state index contributed by atoms with van der Waals surface area (Å²) in [6.45, 7) is 0.486. The normalized spacial score (nSPS) is 12.2. The van der Waals surface area contributed by atoms with Crippen LogP contribution in [-0.4, -0.2) is 17.9 Å². The van der Waals surface area contributed by atoms with Crippen molar-refractivity contribution in [3.63, 3.8) is 0 Å². The molecule has 0 spiro atoms. The van der Waals surface area contributed by atoms with E-state index in [1.807, 2.05) is 84.9 Å². The molecule has 3 aromatic carbocycles. The van der Waals surface area contributed by atoms with Gasteiger partial charge in [0, 0.05) is 11.6 Å². The highest BCUT2D eigenvalue weighted by atomic mass is 16.7. The van der Waals surface area contributed by atoms with E-state index in [-0.39, 0.29) is 19.2 Å². The Morgan fingerprint density at radius 3 is 2.26 bits per heavy atom. The molecule has 1 N–H and O–H groups in total. The molecule has 1 aliphatic rings. The first-order chi connectivity index (χ1) is 15.3. The van der Waals surface area contributed by atoms with Gasteiger partial charge in [0.2, 0.25) is 12.7 Å². The first-order valence-corrected chi connectivity index (χ1v) is 10.0. The molecule has 31 heavy (non-hydrogen) atoms. The lowest BCUT2D eigenvalue weighted by Gasteiger charge is -2.17. The molecule has 0 atom stereocenters. The van der Waals surface area contributed by atoms with Gasteiger partial charge in [-0.2, -0.15) is 0 Å². The number of rotatable bonds is 6. The van der Waals surface area contributed by atoms with Crippen LogP contribution >= 0.6 is 0 Å². The molecular formula is C25H20N2O4. The van der Waals surface area contributed by atoms with Crippen LogP contribution in [0.25, 0.3) is 11.3 Å². The molecule has 2 heterocycles. The van der Waals surface area contributed by atoms with Crippen LogP contribution in [0, 0.1) is 0 Å². The van der Waals surface area contributed by atoms with Crippen LogP contribution in [0.2, 0.25) is 0 Å². The van der Waals surface area contributed by atoms with Crippen molar-refractivity contribution in [1.29, 1.82) is 0 Å². The van der Waals surface area contributed by atoms with Crippen molar-refractivity contribution < 1.29 is 18.8 Å². The summed E-state index contributed by atoms with van der Waals surface area (Å²) in [4.78, 5) is 13.1. The molecule has 5 rings (SSSR count). The first kappa shape index (κ1) is 18.9. The number of aromatic nitrogens is 1. The van der Waals surface area contributed by atoms with E-state index in [1.54, 1.807) is 0 Å². The highest BCUT2D eigenvalue weighted by Gasteiger charge is 2.23. The Labute approximate surface area is 179 Å². The maximum absolute atomic E-state index is 13.1. The number of amides is 1. The molecule has 6 nitrogen and oxygen atoms in total. The summed E-state index contributed by atoms with van der Waals surface area (Å²) in [5.41, 5.74) is 3.35. The quantitative estimate of drug-likeness (QED) is 0.504. The fourth-order valence-corrected chi connectivity index (χ4v) is 3.65. The Balaban J connectivity index is 1.31. The molecule has 0 saturated carbocycles. The van der Waals surface area contributed by atoms with Gasteiger partial charge in [-0.15, -0.1) is 0 Å². The predicted molar refractivity (Wildman–Crippen MR) is 115 cm³/mol. The SMILES string of the molecule is O=C(NCc1cc(-c2ccc3c(c2)OCO3)on1)C(c1ccccc1)c1ccccc1. The second kappa shape index (κ2) is 8.36. The Morgan fingerprint density at radius 1 is 0.871 bits per heavy atom. The minimum absolute atomic E-state index is 0.0926. The van der Waals surface area contributed by atoms with Gasteiger partial charge in [-0.25, -0.2) is 0 Å². The van der Waals surface area contributed by atoms with Gasteiger partial charge in [0.25, 0.3) is 0 Å². The topological polar surface area (TPSA) is 73.6 Å². The average Bonchev–Trinajstić information content (AvgIpc) is 3.48. The van der Waals surface area contributed by atoms with Gasteiger partial charge in [0.1, 0.15) is 5.69 Å². The van der Waals surface area contributed by atoms with E-state index in [4.69, 9.17) is 14.0 Å². The standard InChI is InChI=1S/C25H20N2O4/c28-25(24(17-7-3-1-4-8-17)18-9-5-2-6-10-18)26-15-20-14-22(31-27-20)19-11-12-21-23(13-19)30-16-29-21/h1-14,24H,15-16H2,(H,26,28). The highest BCUT2D eigenvalue weighted by Crippen LogP contribution is 2.36. The second-order valence-electron chi connectivity index (χ2n) is 7.22. The second-order valence-corrected chi connectivity index (χ2v) is 7.22. The van der Waals surface area contributed by atoms with Crippen molar-refractivity contribution in [3.8, 4) is 22.8 Å². The van der Waals surface area contributed by atoms with Crippen LogP contribution in [0.15, 0.2) is 89.5 Å². The summed E-state index contributed by atoms with van der Waals surface area (Å²) in [5.74, 6) is 1.50. The van der Waals surface area contributed by atoms with Crippen LogP contribution in [0.5, 0.6) is 11.5 Å². The van der Waals surface area contributed by atoms with E-state index < -0.39 is 5.92 Å². The number of nitrogens with zero attached hydrogens (tertiary/aromatic N) is 1. The largest absolute Gasteiger partial charge is 0.454 e. The summed E-state index contributed by atoms with van der Waals surface area (Å²) >= 11 is 0. The lowest BCUT2D eigenvalue weighted by molar-refractivity contribution is -0.121. The van der Waals surface area contributed by atoms with Gasteiger partial charge < -0.3 is 19.3 Å². The minimum Gasteiger partial charge on any atom is -0.454 e. The van der Waals surface area contributed by atoms with Crippen molar-refractivity contribution in [2.75, 3.05) is 6.79 Å². The number of carbonyl (C=O) groups excluding carboxylic acids is 1. The van der Waals surface area contributed by atoms with E-state index >= 15 is 0 Å². The molecule has 1 amide bonds. The maximum Gasteiger partial charge on any atom is 0.232 e. The van der Waals surface area contributed by atoms with Crippen molar-refractivity contribution in [2.24, 2.45) is 0 Å². The van der Waals surface area contributed by atoms with E-state index in [9.17, 15) is 4.79 Å². The first-order valence-electron chi connectivity index (χ1n) is 10.0. The van der Waals surface area contributed by atoms with E-state index in [0.717, 1.165) is 16.7 Å². The molecule has 0 saturated heterocycles. The third-order valence-corrected chi connectivity index (χ3v) is 5.19. The fourth-order valence-electron chi connectivity index (χ4n) is 3.65. The number of nitrogens with one attached hydrogen (secondary N) is 1. The van der Waals surface area contributed by atoms with Gasteiger partial charge >= 0.3 is 0 Å². The Hall–Kier alpha value is -4.06. The van der Waals surface area contributed by atoms with Gasteiger partial charge in [0.05, 0.1) is 12.5 Å². The summed E-state index contributed by atoms with van der Waals surface area (Å²) in [6.07, 6.45) is 0. The Bertz CT molecular complexity index is 1150. The smallest absolute Gasteiger partial charge is 0.232 e. The number of fused-ring (bicyclic) bond motifs is 1. The number of hydrogen-bond acceptors (Lipinski definition) is 5. The number of carbonyl (C=O) groups is 1. The van der Waals surface area contributed by atoms with Crippen molar-refractivity contribution in [2.45, 2.75) is 12.5 Å². The molecule has 0 radical (unpaired) electrons. The lowest BCUT2D eigenvalue weighted by Crippen LogP contribution is -2.29. The average molecular weight is 412 g/mol. The molecule has 4 aromatic rings. The summed E-state index contributed by atoms with van der Waals surface area (Å²) in [5, 5.41) is 7.10. The number of benzene rings is 3. The van der Waals surface area contributed by atoms with Gasteiger partial charge in [-0.1, -0.05) is 65.8 Å². The van der Waals surface area contributed by atoms with Crippen LogP contribution < -0.4 is 14.8 Å². The third kappa shape index (κ3) is 4.00. The molecule has 1 aliphatic heterocycles. The number of hydrogen-bond donors (Lipinski definition) is 1. The highest BCUT2D eigenvalue weighted by molar-refractivity contribution is 5.87. The van der Waals surface area contributed by atoms with Crippen LogP contribution in [0.1, 0.15) is 22.7 Å². The molecule has 0 fully saturated rings. The molecule has 6 heteroatoms. The zero-order valence-electron chi connectivity index (χ0n) is 16.7. The minimum atomic E-state index is -0.400. The Kier molecular flexibility index (Phi) is 5.10. The van der Waals surface area contributed by atoms with Gasteiger partial charge in [0.15, 0.2) is 17.3 Å². The zero-order valence-corrected chi connectivity index (χ0v) is 16.7. The molecule has 0 unspecified atom stereocenters. The monoisotopic (exact) mass is 412 g/mol. The predicted octanol–water partition coefficient (Wildman–Crippen LogP) is 4.52. The van der Waals surface area contributed by atoms with Crippen LogP contribution in [-0.2, 0) is 11.3 Å². The molecule has 0 aliphatic carbocycles. The maximum atomic E-state index is 13.1. The summed E-state index contributed by atoms with van der Waals surface area (Å²) in [7, 11) is 0. The Morgan fingerprint density at radius 2 is 1.55 bits per heavy atom. The fraction of sp³-hybridized carbons (Fsp3) is 0.120. The van der Waals surface area contributed by atoms with E-state index in [0.29, 0.717) is 23.0 Å². The van der Waals surface area contributed by atoms with Crippen LogP contribution in [0.4, 0.5) is 0 Å². The lowest BCUT2D eigenvalue weighted by atomic mass is 9.90. The van der Waals surface area contributed by atoms with Crippen molar-refractivity contribution >= 4 is 5.91 Å². The van der Waals surface area contributed by atoms with Crippen LogP contribution in [0.3, 0.4) is 0 Å². The molecule has 154 valence electrons.